The molecule has 0 aromatic heterocycles. The number of thioether (sulfide) groups is 1. The largest absolute Gasteiger partial charge is 0.396 e. The minimum atomic E-state index is 0.333. The van der Waals surface area contributed by atoms with Gasteiger partial charge in [0, 0.05) is 31.0 Å². The topological polar surface area (TPSA) is 35.5 Å². The first kappa shape index (κ1) is 15.6. The average molecular weight is 286 g/mol. The average Bonchev–Trinajstić information content (AvgIpc) is 2.97. The van der Waals surface area contributed by atoms with Crippen molar-refractivity contribution in [2.45, 2.75) is 57.0 Å². The minimum Gasteiger partial charge on any atom is -0.396 e. The molecule has 19 heavy (non-hydrogen) atoms. The highest BCUT2D eigenvalue weighted by Crippen LogP contribution is 2.26. The zero-order valence-corrected chi connectivity index (χ0v) is 13.0. The summed E-state index contributed by atoms with van der Waals surface area (Å²) >= 11 is 1.95. The molecule has 0 aromatic carbocycles. The molecule has 2 rings (SSSR count). The Bertz CT molecular complexity index is 226. The Balaban J connectivity index is 1.49. The number of aliphatic hydroxyl groups is 1. The molecule has 0 bridgehead atoms. The van der Waals surface area contributed by atoms with Crippen molar-refractivity contribution < 1.29 is 5.11 Å². The summed E-state index contributed by atoms with van der Waals surface area (Å²) in [4.78, 5) is 2.74. The monoisotopic (exact) mass is 286 g/mol. The molecule has 2 fully saturated rings. The highest BCUT2D eigenvalue weighted by Gasteiger charge is 2.26. The van der Waals surface area contributed by atoms with E-state index in [0.29, 0.717) is 6.61 Å². The predicted molar refractivity (Wildman–Crippen MR) is 83.9 cm³/mol. The molecular formula is C15H30N2OS. The fourth-order valence-electron chi connectivity index (χ4n) is 3.34. The third-order valence-electron chi connectivity index (χ3n) is 4.50. The molecule has 0 aromatic rings. The molecule has 2 N–H and O–H groups in total. The van der Waals surface area contributed by atoms with Crippen molar-refractivity contribution in [1.82, 2.24) is 10.2 Å². The van der Waals surface area contributed by atoms with Gasteiger partial charge in [-0.25, -0.2) is 0 Å². The molecule has 0 amide bonds. The third kappa shape index (κ3) is 5.62. The molecular weight excluding hydrogens is 256 g/mol. The van der Waals surface area contributed by atoms with Gasteiger partial charge in [0.25, 0.3) is 0 Å². The number of rotatable bonds is 8. The van der Waals surface area contributed by atoms with E-state index in [-0.39, 0.29) is 0 Å². The second-order valence-electron chi connectivity index (χ2n) is 5.89. The van der Waals surface area contributed by atoms with Crippen molar-refractivity contribution in [3.8, 4) is 0 Å². The summed E-state index contributed by atoms with van der Waals surface area (Å²) in [5, 5.41) is 12.4. The van der Waals surface area contributed by atoms with Crippen molar-refractivity contribution in [2.24, 2.45) is 0 Å². The van der Waals surface area contributed by atoms with Crippen molar-refractivity contribution >= 4 is 11.8 Å². The molecule has 0 spiro atoms. The van der Waals surface area contributed by atoms with Gasteiger partial charge >= 0.3 is 0 Å². The lowest BCUT2D eigenvalue weighted by Crippen LogP contribution is -2.46. The van der Waals surface area contributed by atoms with Crippen LogP contribution in [0.4, 0.5) is 0 Å². The van der Waals surface area contributed by atoms with E-state index < -0.39 is 0 Å². The van der Waals surface area contributed by atoms with Crippen LogP contribution in [-0.2, 0) is 0 Å². The summed E-state index contributed by atoms with van der Waals surface area (Å²) in [6.45, 7) is 4.07. The van der Waals surface area contributed by atoms with Crippen LogP contribution >= 0.6 is 11.8 Å². The summed E-state index contributed by atoms with van der Waals surface area (Å²) in [6, 6.07) is 1.66. The Kier molecular flexibility index (Phi) is 7.58. The number of hydrogen-bond acceptors (Lipinski definition) is 4. The van der Waals surface area contributed by atoms with Crippen LogP contribution in [-0.4, -0.2) is 59.8 Å². The summed E-state index contributed by atoms with van der Waals surface area (Å²) in [5.41, 5.74) is 0. The Morgan fingerprint density at radius 2 is 1.79 bits per heavy atom. The van der Waals surface area contributed by atoms with Crippen LogP contribution in [0.2, 0.25) is 0 Å². The Labute approximate surface area is 122 Å². The number of piperidine rings is 1. The van der Waals surface area contributed by atoms with E-state index in [1.54, 1.807) is 0 Å². The van der Waals surface area contributed by atoms with Gasteiger partial charge in [0.1, 0.15) is 0 Å². The lowest BCUT2D eigenvalue weighted by atomic mass is 10.0. The van der Waals surface area contributed by atoms with Crippen molar-refractivity contribution in [3.63, 3.8) is 0 Å². The van der Waals surface area contributed by atoms with Gasteiger partial charge in [-0.2, -0.15) is 11.8 Å². The molecule has 1 saturated carbocycles. The maximum atomic E-state index is 8.71. The number of hydrogen-bond donors (Lipinski definition) is 2. The van der Waals surface area contributed by atoms with Gasteiger partial charge in [0.2, 0.25) is 0 Å². The van der Waals surface area contributed by atoms with Crippen LogP contribution in [0.3, 0.4) is 0 Å². The zero-order chi connectivity index (χ0) is 13.3. The Morgan fingerprint density at radius 3 is 2.47 bits per heavy atom. The first-order valence-electron chi connectivity index (χ1n) is 8.06. The first-order chi connectivity index (χ1) is 9.40. The Hall–Kier alpha value is 0.230. The highest BCUT2D eigenvalue weighted by molar-refractivity contribution is 7.99. The van der Waals surface area contributed by atoms with E-state index in [9.17, 15) is 0 Å². The minimum absolute atomic E-state index is 0.333. The quantitative estimate of drug-likeness (QED) is 0.670. The van der Waals surface area contributed by atoms with Crippen LogP contribution in [0.1, 0.15) is 44.9 Å². The molecule has 1 saturated heterocycles. The van der Waals surface area contributed by atoms with Gasteiger partial charge < -0.3 is 15.3 Å². The summed E-state index contributed by atoms with van der Waals surface area (Å²) in [7, 11) is 0. The molecule has 1 heterocycles. The lowest BCUT2D eigenvalue weighted by Gasteiger charge is -2.36. The van der Waals surface area contributed by atoms with Crippen LogP contribution in [0, 0.1) is 0 Å². The lowest BCUT2D eigenvalue weighted by molar-refractivity contribution is 0.146. The van der Waals surface area contributed by atoms with Crippen molar-refractivity contribution in [3.05, 3.63) is 0 Å². The number of nitrogens with zero attached hydrogens (tertiary/aromatic N) is 1. The van der Waals surface area contributed by atoms with E-state index in [1.165, 1.54) is 57.4 Å². The summed E-state index contributed by atoms with van der Waals surface area (Å²) in [5.74, 6) is 2.28. The normalized spacial score (nSPS) is 23.2. The van der Waals surface area contributed by atoms with Gasteiger partial charge in [0.05, 0.1) is 0 Å². The van der Waals surface area contributed by atoms with Gasteiger partial charge in [-0.1, -0.05) is 12.8 Å². The van der Waals surface area contributed by atoms with E-state index in [4.69, 9.17) is 5.11 Å². The second-order valence-corrected chi connectivity index (χ2v) is 7.12. The molecule has 4 heteroatoms. The Morgan fingerprint density at radius 1 is 1.05 bits per heavy atom. The highest BCUT2D eigenvalue weighted by atomic mass is 32.2. The van der Waals surface area contributed by atoms with Gasteiger partial charge in [0.15, 0.2) is 0 Å². The van der Waals surface area contributed by atoms with E-state index in [2.05, 4.69) is 10.2 Å². The SMILES string of the molecule is OCCCSCCNC1CCN(C2CCCC2)CC1. The third-order valence-corrected chi connectivity index (χ3v) is 5.57. The van der Waals surface area contributed by atoms with Crippen LogP contribution in [0.25, 0.3) is 0 Å². The molecule has 3 nitrogen and oxygen atoms in total. The van der Waals surface area contributed by atoms with Crippen molar-refractivity contribution in [1.29, 1.82) is 0 Å². The van der Waals surface area contributed by atoms with E-state index in [0.717, 1.165) is 30.8 Å². The van der Waals surface area contributed by atoms with Crippen LogP contribution < -0.4 is 5.32 Å². The maximum Gasteiger partial charge on any atom is 0.0438 e. The van der Waals surface area contributed by atoms with Crippen molar-refractivity contribution in [2.75, 3.05) is 37.7 Å². The van der Waals surface area contributed by atoms with E-state index >= 15 is 0 Å². The summed E-state index contributed by atoms with van der Waals surface area (Å²) < 4.78 is 0. The number of likely N-dealkylation sites (tertiary alicyclic amines) is 1. The molecule has 2 aliphatic rings. The summed E-state index contributed by atoms with van der Waals surface area (Å²) in [6.07, 6.45) is 9.39. The molecule has 112 valence electrons. The smallest absolute Gasteiger partial charge is 0.0438 e. The van der Waals surface area contributed by atoms with Crippen LogP contribution in [0.15, 0.2) is 0 Å². The maximum absolute atomic E-state index is 8.71. The molecule has 0 radical (unpaired) electrons. The fourth-order valence-corrected chi connectivity index (χ4v) is 4.14. The predicted octanol–water partition coefficient (Wildman–Crippen LogP) is 2.10. The zero-order valence-electron chi connectivity index (χ0n) is 12.1. The number of nitrogens with one attached hydrogen (secondary N) is 1. The van der Waals surface area contributed by atoms with Gasteiger partial charge in [-0.15, -0.1) is 0 Å². The standard InChI is InChI=1S/C15H30N2OS/c18-11-3-12-19-13-8-16-14-6-9-17(10-7-14)15-4-1-2-5-15/h14-16,18H,1-13H2. The molecule has 0 unspecified atom stereocenters. The second kappa shape index (κ2) is 9.22. The van der Waals surface area contributed by atoms with Gasteiger partial charge in [-0.05, 0) is 50.9 Å². The number of aliphatic hydroxyl groups excluding tert-OH is 1. The van der Waals surface area contributed by atoms with E-state index in [1.807, 2.05) is 11.8 Å². The molecule has 0 atom stereocenters. The fraction of sp³-hybridized carbons (Fsp3) is 1.00. The van der Waals surface area contributed by atoms with Gasteiger partial charge in [-0.3, -0.25) is 0 Å². The van der Waals surface area contributed by atoms with Crippen LogP contribution in [0.5, 0.6) is 0 Å². The first-order valence-corrected chi connectivity index (χ1v) is 9.21. The molecule has 1 aliphatic heterocycles. The molecule has 1 aliphatic carbocycles.